The number of carbonyl (C=O) groups is 3. The molecule has 0 aliphatic rings. The lowest BCUT2D eigenvalue weighted by molar-refractivity contribution is -0.144. The standard InChI is InChI=1S/C19H29N2O9P/c1-13(22)20-15(11-28-19(2,3)4)17(23)21-16(18(24)25)12-30-31(26,27)29-10-14-8-6-5-7-9-14/h5-9,15-16H,10-12H2,1-4H3,(H,20,22)(H,21,23)(H,24,25)(H,26,27)/t15-,16-/m0/s1. The van der Waals surface area contributed by atoms with Gasteiger partial charge in [0.1, 0.15) is 6.04 Å². The number of phosphoric acid groups is 1. The van der Waals surface area contributed by atoms with E-state index in [0.29, 0.717) is 5.56 Å². The summed E-state index contributed by atoms with van der Waals surface area (Å²) in [7, 11) is -4.59. The average Bonchev–Trinajstić information content (AvgIpc) is 2.66. The molecule has 1 unspecified atom stereocenters. The van der Waals surface area contributed by atoms with Gasteiger partial charge in [0, 0.05) is 6.92 Å². The molecule has 1 aromatic carbocycles. The molecule has 31 heavy (non-hydrogen) atoms. The van der Waals surface area contributed by atoms with Crippen LogP contribution in [0.2, 0.25) is 0 Å². The topological polar surface area (TPSA) is 160 Å². The highest BCUT2D eigenvalue weighted by Crippen LogP contribution is 2.44. The largest absolute Gasteiger partial charge is 0.480 e. The fourth-order valence-electron chi connectivity index (χ4n) is 2.14. The Kier molecular flexibility index (Phi) is 10.3. The SMILES string of the molecule is CC(=O)N[C@@H](COC(C)(C)C)C(=O)N[C@@H](COP(=O)(O)OCc1ccccc1)C(=O)O. The zero-order chi connectivity index (χ0) is 23.7. The Bertz CT molecular complexity index is 795. The molecule has 11 nitrogen and oxygen atoms in total. The number of benzene rings is 1. The van der Waals surface area contributed by atoms with Gasteiger partial charge in [0.25, 0.3) is 0 Å². The molecule has 1 rings (SSSR count). The molecule has 0 aliphatic heterocycles. The second-order valence-electron chi connectivity index (χ2n) is 7.60. The number of carbonyl (C=O) groups excluding carboxylic acids is 2. The number of hydrogen-bond donors (Lipinski definition) is 4. The van der Waals surface area contributed by atoms with E-state index in [-0.39, 0.29) is 13.2 Å². The van der Waals surface area contributed by atoms with Crippen LogP contribution in [0.25, 0.3) is 0 Å². The Morgan fingerprint density at radius 2 is 1.65 bits per heavy atom. The van der Waals surface area contributed by atoms with Crippen molar-refractivity contribution in [2.45, 2.75) is 52.0 Å². The first-order chi connectivity index (χ1) is 14.3. The fraction of sp³-hybridized carbons (Fsp3) is 0.526. The first kappa shape index (κ1) is 26.7. The summed E-state index contributed by atoms with van der Waals surface area (Å²) in [5.41, 5.74) is 0.00631. The minimum atomic E-state index is -4.59. The molecule has 0 fully saturated rings. The number of carboxylic acids is 1. The van der Waals surface area contributed by atoms with E-state index in [0.717, 1.165) is 0 Å². The van der Waals surface area contributed by atoms with Gasteiger partial charge in [-0.15, -0.1) is 0 Å². The predicted molar refractivity (Wildman–Crippen MR) is 110 cm³/mol. The lowest BCUT2D eigenvalue weighted by atomic mass is 10.2. The van der Waals surface area contributed by atoms with Crippen molar-refractivity contribution in [2.24, 2.45) is 0 Å². The molecule has 0 aliphatic carbocycles. The number of carboxylic acid groups (broad SMARTS) is 1. The number of aliphatic carboxylic acids is 1. The van der Waals surface area contributed by atoms with Crippen molar-refractivity contribution in [1.29, 1.82) is 0 Å². The van der Waals surface area contributed by atoms with Crippen LogP contribution in [0.15, 0.2) is 30.3 Å². The summed E-state index contributed by atoms with van der Waals surface area (Å²) in [6, 6.07) is 5.69. The molecule has 0 spiro atoms. The minimum absolute atomic E-state index is 0.208. The van der Waals surface area contributed by atoms with Gasteiger partial charge in [-0.3, -0.25) is 18.6 Å². The van der Waals surface area contributed by atoms with E-state index in [4.69, 9.17) is 13.8 Å². The van der Waals surface area contributed by atoms with Crippen LogP contribution in [-0.2, 0) is 39.3 Å². The molecule has 4 N–H and O–H groups in total. The molecule has 2 amide bonds. The molecule has 12 heteroatoms. The Hall–Kier alpha value is -2.30. The quantitative estimate of drug-likeness (QED) is 0.336. The zero-order valence-corrected chi connectivity index (χ0v) is 18.8. The van der Waals surface area contributed by atoms with Gasteiger partial charge in [0.2, 0.25) is 11.8 Å². The maximum atomic E-state index is 12.5. The molecular formula is C19H29N2O9P. The first-order valence-electron chi connectivity index (χ1n) is 9.39. The molecule has 3 atom stereocenters. The van der Waals surface area contributed by atoms with E-state index in [1.54, 1.807) is 51.1 Å². The Balaban J connectivity index is 2.69. The van der Waals surface area contributed by atoms with Crippen LogP contribution in [0.3, 0.4) is 0 Å². The molecule has 0 radical (unpaired) electrons. The van der Waals surface area contributed by atoms with E-state index >= 15 is 0 Å². The van der Waals surface area contributed by atoms with Gasteiger partial charge in [0.15, 0.2) is 6.04 Å². The molecule has 0 bridgehead atoms. The second-order valence-corrected chi connectivity index (χ2v) is 9.05. The second kappa shape index (κ2) is 11.9. The van der Waals surface area contributed by atoms with Crippen LogP contribution in [-0.4, -0.2) is 58.7 Å². The molecule has 0 saturated carbocycles. The Labute approximate surface area is 180 Å². The summed E-state index contributed by atoms with van der Waals surface area (Å²) in [5.74, 6) is -2.88. The number of nitrogens with one attached hydrogen (secondary N) is 2. The van der Waals surface area contributed by atoms with Crippen LogP contribution < -0.4 is 10.6 Å². The number of rotatable bonds is 12. The molecule has 0 heterocycles. The van der Waals surface area contributed by atoms with Crippen LogP contribution in [0.1, 0.15) is 33.3 Å². The van der Waals surface area contributed by atoms with Gasteiger partial charge in [-0.2, -0.15) is 0 Å². The van der Waals surface area contributed by atoms with E-state index in [2.05, 4.69) is 10.6 Å². The highest BCUT2D eigenvalue weighted by Gasteiger charge is 2.30. The summed E-state index contributed by atoms with van der Waals surface area (Å²) in [5, 5.41) is 13.9. The Morgan fingerprint density at radius 1 is 1.03 bits per heavy atom. The lowest BCUT2D eigenvalue weighted by Crippen LogP contribution is -2.54. The summed E-state index contributed by atoms with van der Waals surface area (Å²) < 4.78 is 27.1. The molecule has 174 valence electrons. The van der Waals surface area contributed by atoms with Crippen LogP contribution in [0.4, 0.5) is 0 Å². The third-order valence-electron chi connectivity index (χ3n) is 3.63. The predicted octanol–water partition coefficient (Wildman–Crippen LogP) is 1.21. The van der Waals surface area contributed by atoms with E-state index in [1.165, 1.54) is 6.92 Å². The van der Waals surface area contributed by atoms with Crippen LogP contribution in [0.5, 0.6) is 0 Å². The van der Waals surface area contributed by atoms with Gasteiger partial charge in [-0.25, -0.2) is 9.36 Å². The smallest absolute Gasteiger partial charge is 0.472 e. The van der Waals surface area contributed by atoms with Crippen molar-refractivity contribution >= 4 is 25.6 Å². The summed E-state index contributed by atoms with van der Waals surface area (Å²) >= 11 is 0. The van der Waals surface area contributed by atoms with E-state index < -0.39 is 49.9 Å². The molecular weight excluding hydrogens is 431 g/mol. The normalized spacial score (nSPS) is 15.4. The van der Waals surface area contributed by atoms with Crippen LogP contribution in [0, 0.1) is 0 Å². The number of phosphoric ester groups is 1. The summed E-state index contributed by atoms with van der Waals surface area (Å²) in [4.78, 5) is 45.1. The number of hydrogen-bond acceptors (Lipinski definition) is 7. The average molecular weight is 460 g/mol. The number of amides is 2. The minimum Gasteiger partial charge on any atom is -0.480 e. The van der Waals surface area contributed by atoms with Crippen molar-refractivity contribution in [3.8, 4) is 0 Å². The third-order valence-corrected chi connectivity index (χ3v) is 4.56. The molecule has 0 aromatic heterocycles. The van der Waals surface area contributed by atoms with Gasteiger partial charge in [-0.05, 0) is 26.3 Å². The van der Waals surface area contributed by atoms with Gasteiger partial charge in [0.05, 0.1) is 25.4 Å². The van der Waals surface area contributed by atoms with Crippen molar-refractivity contribution in [3.05, 3.63) is 35.9 Å². The van der Waals surface area contributed by atoms with E-state index in [1.807, 2.05) is 0 Å². The maximum Gasteiger partial charge on any atom is 0.472 e. The van der Waals surface area contributed by atoms with Crippen molar-refractivity contribution in [2.75, 3.05) is 13.2 Å². The summed E-state index contributed by atoms with van der Waals surface area (Å²) in [6.07, 6.45) is 0. The highest BCUT2D eigenvalue weighted by molar-refractivity contribution is 7.47. The van der Waals surface area contributed by atoms with Crippen molar-refractivity contribution in [3.63, 3.8) is 0 Å². The van der Waals surface area contributed by atoms with Crippen LogP contribution >= 0.6 is 7.82 Å². The molecule has 1 aromatic rings. The number of ether oxygens (including phenoxy) is 1. The van der Waals surface area contributed by atoms with Crippen molar-refractivity contribution in [1.82, 2.24) is 10.6 Å². The molecule has 0 saturated heterocycles. The van der Waals surface area contributed by atoms with E-state index in [9.17, 15) is 28.9 Å². The first-order valence-corrected chi connectivity index (χ1v) is 10.9. The monoisotopic (exact) mass is 460 g/mol. The highest BCUT2D eigenvalue weighted by atomic mass is 31.2. The lowest BCUT2D eigenvalue weighted by Gasteiger charge is -2.25. The fourth-order valence-corrected chi connectivity index (χ4v) is 2.87. The third kappa shape index (κ3) is 11.6. The maximum absolute atomic E-state index is 12.5. The zero-order valence-electron chi connectivity index (χ0n) is 17.9. The summed E-state index contributed by atoms with van der Waals surface area (Å²) in [6.45, 7) is 5.17. The van der Waals surface area contributed by atoms with Gasteiger partial charge < -0.3 is 25.4 Å². The van der Waals surface area contributed by atoms with Gasteiger partial charge in [-0.1, -0.05) is 30.3 Å². The Morgan fingerprint density at radius 3 is 2.16 bits per heavy atom. The van der Waals surface area contributed by atoms with Crippen molar-refractivity contribution < 1.29 is 42.7 Å². The van der Waals surface area contributed by atoms with Gasteiger partial charge >= 0.3 is 13.8 Å².